The second-order valence-electron chi connectivity index (χ2n) is 6.99. The first-order valence-corrected chi connectivity index (χ1v) is 8.85. The molecule has 0 N–H and O–H groups in total. The topological polar surface area (TPSA) is 23.6 Å². The van der Waals surface area contributed by atoms with Crippen LogP contribution in [0.15, 0.2) is 18.2 Å². The minimum atomic E-state index is 0.143. The van der Waals surface area contributed by atoms with Gasteiger partial charge >= 0.3 is 0 Å². The fraction of sp³-hybridized carbons (Fsp3) is 0.611. The smallest absolute Gasteiger partial charge is 0.254 e. The number of carbonyl (C=O) groups excluding carboxylic acids is 1. The van der Waals surface area contributed by atoms with Crippen molar-refractivity contribution in [2.45, 2.75) is 50.1 Å². The summed E-state index contributed by atoms with van der Waals surface area (Å²) in [6.45, 7) is 2.40. The number of fused-ring (bicyclic) bond motifs is 3. The Morgan fingerprint density at radius 2 is 1.91 bits per heavy atom. The van der Waals surface area contributed by atoms with Gasteiger partial charge in [0.2, 0.25) is 0 Å². The lowest BCUT2D eigenvalue weighted by Gasteiger charge is -2.50. The summed E-state index contributed by atoms with van der Waals surface area (Å²) in [5, 5.41) is 0.658. The van der Waals surface area contributed by atoms with E-state index in [-0.39, 0.29) is 5.91 Å². The van der Waals surface area contributed by atoms with E-state index in [0.717, 1.165) is 5.56 Å². The van der Waals surface area contributed by atoms with Crippen LogP contribution in [0.3, 0.4) is 0 Å². The number of amides is 1. The molecule has 0 unspecified atom stereocenters. The highest BCUT2D eigenvalue weighted by atomic mass is 35.5. The molecular weight excluding hydrogens is 296 g/mol. The molecule has 2 fully saturated rings. The Labute approximate surface area is 137 Å². The number of likely N-dealkylation sites (N-methyl/N-ethyl adjacent to an activating group) is 1. The summed E-state index contributed by atoms with van der Waals surface area (Å²) in [5.74, 6) is 0.610. The molecule has 3 nitrogen and oxygen atoms in total. The average Bonchev–Trinajstić information content (AvgIpc) is 3.06. The zero-order valence-corrected chi connectivity index (χ0v) is 13.9. The van der Waals surface area contributed by atoms with Crippen molar-refractivity contribution < 1.29 is 4.79 Å². The zero-order chi connectivity index (χ0) is 15.3. The third-order valence-corrected chi connectivity index (χ3v) is 6.08. The fourth-order valence-corrected chi connectivity index (χ4v) is 5.03. The van der Waals surface area contributed by atoms with Crippen molar-refractivity contribution >= 4 is 17.5 Å². The number of hydrogen-bond acceptors (Lipinski definition) is 2. The quantitative estimate of drug-likeness (QED) is 0.791. The number of rotatable bonds is 1. The molecule has 0 bridgehead atoms. The van der Waals surface area contributed by atoms with E-state index in [9.17, 15) is 4.79 Å². The van der Waals surface area contributed by atoms with Crippen LogP contribution in [0.25, 0.3) is 0 Å². The number of benzene rings is 1. The molecule has 1 saturated carbocycles. The highest BCUT2D eigenvalue weighted by Gasteiger charge is 2.46. The van der Waals surface area contributed by atoms with Crippen molar-refractivity contribution in [2.75, 3.05) is 20.1 Å². The lowest BCUT2D eigenvalue weighted by atomic mass is 9.72. The van der Waals surface area contributed by atoms with Crippen LogP contribution < -0.4 is 0 Å². The average molecular weight is 319 g/mol. The Bertz CT molecular complexity index is 597. The SMILES string of the molecule is CN1C(=O)c2cc(Cl)ccc2[C@H]2CCC[C@H](N3CCCC3)[C@H]21. The molecule has 3 aliphatic rings. The maximum absolute atomic E-state index is 12.8. The third-order valence-electron chi connectivity index (χ3n) is 5.84. The number of likely N-dealkylation sites (tertiary alicyclic amines) is 1. The Morgan fingerprint density at radius 3 is 2.68 bits per heavy atom. The highest BCUT2D eigenvalue weighted by Crippen LogP contribution is 2.44. The first-order valence-electron chi connectivity index (χ1n) is 8.47. The van der Waals surface area contributed by atoms with Crippen LogP contribution in [0.5, 0.6) is 0 Å². The summed E-state index contributed by atoms with van der Waals surface area (Å²) < 4.78 is 0. The van der Waals surface area contributed by atoms with Crippen LogP contribution in [-0.2, 0) is 0 Å². The van der Waals surface area contributed by atoms with Crippen LogP contribution >= 0.6 is 11.6 Å². The standard InChI is InChI=1S/C18H23ClN2O/c1-20-17-14(5-4-6-16(17)21-9-2-3-10-21)13-8-7-12(19)11-15(13)18(20)22/h7-8,11,14,16-17H,2-6,9-10H2,1H3/t14-,16+,17+/m1/s1. The number of hydrogen-bond donors (Lipinski definition) is 0. The molecule has 0 radical (unpaired) electrons. The number of halogens is 1. The van der Waals surface area contributed by atoms with Crippen LogP contribution in [0.2, 0.25) is 5.02 Å². The molecule has 3 atom stereocenters. The van der Waals surface area contributed by atoms with Crippen LogP contribution in [0.1, 0.15) is 53.9 Å². The summed E-state index contributed by atoms with van der Waals surface area (Å²) in [6, 6.07) is 6.74. The predicted molar refractivity (Wildman–Crippen MR) is 88.5 cm³/mol. The molecule has 1 amide bonds. The zero-order valence-electron chi connectivity index (χ0n) is 13.1. The molecule has 1 saturated heterocycles. The van der Waals surface area contributed by atoms with E-state index in [0.29, 0.717) is 23.0 Å². The van der Waals surface area contributed by atoms with Gasteiger partial charge in [-0.25, -0.2) is 0 Å². The summed E-state index contributed by atoms with van der Waals surface area (Å²) in [4.78, 5) is 17.5. The second kappa shape index (κ2) is 5.54. The van der Waals surface area contributed by atoms with Crippen molar-refractivity contribution in [3.05, 3.63) is 34.3 Å². The van der Waals surface area contributed by atoms with E-state index in [1.165, 1.54) is 50.8 Å². The maximum Gasteiger partial charge on any atom is 0.254 e. The van der Waals surface area contributed by atoms with Gasteiger partial charge in [0.15, 0.2) is 0 Å². The van der Waals surface area contributed by atoms with E-state index in [1.807, 2.05) is 24.1 Å². The molecule has 2 aliphatic heterocycles. The van der Waals surface area contributed by atoms with Gasteiger partial charge in [0.1, 0.15) is 0 Å². The molecule has 1 aromatic rings. The molecule has 0 aromatic heterocycles. The molecule has 118 valence electrons. The van der Waals surface area contributed by atoms with Gasteiger partial charge in [0.25, 0.3) is 5.91 Å². The summed E-state index contributed by atoms with van der Waals surface area (Å²) in [6.07, 6.45) is 6.27. The van der Waals surface area contributed by atoms with E-state index >= 15 is 0 Å². The third kappa shape index (κ3) is 2.17. The number of carbonyl (C=O) groups is 1. The molecule has 0 spiro atoms. The Kier molecular flexibility index (Phi) is 3.66. The predicted octanol–water partition coefficient (Wildman–Crippen LogP) is 3.53. The summed E-state index contributed by atoms with van der Waals surface area (Å²) in [5.41, 5.74) is 2.04. The van der Waals surface area contributed by atoms with Crippen LogP contribution in [0, 0.1) is 0 Å². The van der Waals surface area contributed by atoms with Gasteiger partial charge in [-0.15, -0.1) is 0 Å². The van der Waals surface area contributed by atoms with E-state index in [1.54, 1.807) is 0 Å². The molecule has 1 aromatic carbocycles. The van der Waals surface area contributed by atoms with Crippen molar-refractivity contribution in [3.8, 4) is 0 Å². The van der Waals surface area contributed by atoms with Crippen molar-refractivity contribution in [2.24, 2.45) is 0 Å². The van der Waals surface area contributed by atoms with Gasteiger partial charge in [-0.3, -0.25) is 9.69 Å². The van der Waals surface area contributed by atoms with E-state index in [4.69, 9.17) is 11.6 Å². The highest BCUT2D eigenvalue weighted by molar-refractivity contribution is 6.31. The minimum Gasteiger partial charge on any atom is -0.337 e. The molecular formula is C18H23ClN2O. The Morgan fingerprint density at radius 1 is 1.14 bits per heavy atom. The van der Waals surface area contributed by atoms with Crippen LogP contribution in [0.4, 0.5) is 0 Å². The Balaban J connectivity index is 1.75. The number of nitrogens with zero attached hydrogens (tertiary/aromatic N) is 2. The normalized spacial score (nSPS) is 32.0. The van der Waals surface area contributed by atoms with Crippen LogP contribution in [-0.4, -0.2) is 47.9 Å². The van der Waals surface area contributed by atoms with Gasteiger partial charge in [-0.1, -0.05) is 24.1 Å². The lowest BCUT2D eigenvalue weighted by molar-refractivity contribution is 0.0371. The fourth-order valence-electron chi connectivity index (χ4n) is 4.86. The largest absolute Gasteiger partial charge is 0.337 e. The van der Waals surface area contributed by atoms with Crippen molar-refractivity contribution in [1.29, 1.82) is 0 Å². The molecule has 1 aliphatic carbocycles. The Hall–Kier alpha value is -1.06. The van der Waals surface area contributed by atoms with Gasteiger partial charge in [0, 0.05) is 29.6 Å². The summed E-state index contributed by atoms with van der Waals surface area (Å²) >= 11 is 6.12. The molecule has 22 heavy (non-hydrogen) atoms. The maximum atomic E-state index is 12.8. The molecule has 2 heterocycles. The second-order valence-corrected chi connectivity index (χ2v) is 7.42. The molecule has 4 heteroatoms. The van der Waals surface area contributed by atoms with E-state index in [2.05, 4.69) is 11.0 Å². The molecule has 4 rings (SSSR count). The van der Waals surface area contributed by atoms with Gasteiger partial charge in [0.05, 0.1) is 6.04 Å². The first kappa shape index (κ1) is 14.5. The van der Waals surface area contributed by atoms with Gasteiger partial charge < -0.3 is 4.90 Å². The monoisotopic (exact) mass is 318 g/mol. The van der Waals surface area contributed by atoms with Gasteiger partial charge in [-0.2, -0.15) is 0 Å². The van der Waals surface area contributed by atoms with Crippen molar-refractivity contribution in [1.82, 2.24) is 9.80 Å². The van der Waals surface area contributed by atoms with E-state index < -0.39 is 0 Å². The van der Waals surface area contributed by atoms with Gasteiger partial charge in [-0.05, 0) is 56.5 Å². The van der Waals surface area contributed by atoms with Crippen molar-refractivity contribution in [3.63, 3.8) is 0 Å². The lowest BCUT2D eigenvalue weighted by Crippen LogP contribution is -2.58. The first-order chi connectivity index (χ1) is 10.7. The minimum absolute atomic E-state index is 0.143. The summed E-state index contributed by atoms with van der Waals surface area (Å²) in [7, 11) is 1.98.